The first kappa shape index (κ1) is 30.9. The fourth-order valence-electron chi connectivity index (χ4n) is 14.0. The lowest BCUT2D eigenvalue weighted by Gasteiger charge is -2.64. The Morgan fingerprint density at radius 2 is 1.52 bits per heavy atom. The Morgan fingerprint density at radius 1 is 0.795 bits per heavy atom. The maximum atomic E-state index is 12.4. The van der Waals surface area contributed by atoms with Crippen molar-refractivity contribution in [3.8, 4) is 0 Å². The lowest BCUT2D eigenvalue weighted by atomic mass is 9.41. The van der Waals surface area contributed by atoms with Gasteiger partial charge < -0.3 is 44.5 Å². The number of rotatable bonds is 3. The summed E-state index contributed by atoms with van der Waals surface area (Å²) < 4.78 is 25.9. The number of fused-ring (bicyclic) bond motifs is 4. The van der Waals surface area contributed by atoms with Crippen LogP contribution in [0.3, 0.4) is 0 Å². The van der Waals surface area contributed by atoms with Crippen LogP contribution in [-0.4, -0.2) is 92.5 Å². The van der Waals surface area contributed by atoms with E-state index in [1.807, 2.05) is 13.8 Å². The Bertz CT molecular complexity index is 1200. The molecule has 3 heterocycles. The molecule has 44 heavy (non-hydrogen) atoms. The third-order valence-electron chi connectivity index (χ3n) is 15.7. The summed E-state index contributed by atoms with van der Waals surface area (Å²) in [6.07, 6.45) is 1.70. The topological polar surface area (TPSA) is 138 Å². The van der Waals surface area contributed by atoms with E-state index in [1.54, 1.807) is 0 Å². The van der Waals surface area contributed by atoms with Crippen LogP contribution < -0.4 is 0 Å². The molecule has 5 saturated carbocycles. The van der Waals surface area contributed by atoms with E-state index in [2.05, 4.69) is 34.6 Å². The molecule has 17 unspecified atom stereocenters. The SMILES string of the molecule is CC1CC2OC3(CC4(C)C5C(O)CC6C(C)(C)C(OC7OCC(O)C(O)C7O)CCC67CC57CCC4(C)C13)OC2C(C)(C)O. The first-order valence-electron chi connectivity index (χ1n) is 17.4. The predicted molar refractivity (Wildman–Crippen MR) is 159 cm³/mol. The zero-order valence-corrected chi connectivity index (χ0v) is 27.7. The van der Waals surface area contributed by atoms with Gasteiger partial charge in [0.2, 0.25) is 0 Å². The quantitative estimate of drug-likeness (QED) is 0.301. The van der Waals surface area contributed by atoms with Crippen LogP contribution in [0.15, 0.2) is 0 Å². The Balaban J connectivity index is 1.10. The largest absolute Gasteiger partial charge is 0.393 e. The molecule has 0 radical (unpaired) electrons. The summed E-state index contributed by atoms with van der Waals surface area (Å²) in [5.74, 6) is 0.319. The van der Waals surface area contributed by atoms with E-state index in [4.69, 9.17) is 18.9 Å². The fourth-order valence-corrected chi connectivity index (χ4v) is 14.0. The predicted octanol–water partition coefficient (Wildman–Crippen LogP) is 3.12. The van der Waals surface area contributed by atoms with Crippen LogP contribution in [-0.2, 0) is 18.9 Å². The summed E-state index contributed by atoms with van der Waals surface area (Å²) in [6, 6.07) is 0. The van der Waals surface area contributed by atoms with Crippen molar-refractivity contribution >= 4 is 0 Å². The number of aliphatic hydroxyl groups excluding tert-OH is 4. The number of hydrogen-bond donors (Lipinski definition) is 5. The molecule has 5 N–H and O–H groups in total. The van der Waals surface area contributed by atoms with Crippen LogP contribution in [0.2, 0.25) is 0 Å². The molecule has 9 heteroatoms. The first-order chi connectivity index (χ1) is 20.4. The molecule has 0 amide bonds. The minimum Gasteiger partial charge on any atom is -0.393 e. The van der Waals surface area contributed by atoms with Gasteiger partial charge in [-0.25, -0.2) is 0 Å². The highest BCUT2D eigenvalue weighted by Crippen LogP contribution is 2.90. The van der Waals surface area contributed by atoms with Crippen LogP contribution >= 0.6 is 0 Å². The minimum absolute atomic E-state index is 0.0465. The summed E-state index contributed by atoms with van der Waals surface area (Å²) in [5, 5.41) is 54.2. The van der Waals surface area contributed by atoms with Gasteiger partial charge in [-0.2, -0.15) is 0 Å². The van der Waals surface area contributed by atoms with E-state index in [0.717, 1.165) is 44.9 Å². The van der Waals surface area contributed by atoms with E-state index >= 15 is 0 Å². The van der Waals surface area contributed by atoms with E-state index in [0.29, 0.717) is 12.3 Å². The molecule has 8 rings (SSSR count). The summed E-state index contributed by atoms with van der Waals surface area (Å²) in [5.41, 5.74) is -1.28. The van der Waals surface area contributed by atoms with E-state index < -0.39 is 42.1 Å². The molecule has 9 nitrogen and oxygen atoms in total. The summed E-state index contributed by atoms with van der Waals surface area (Å²) >= 11 is 0. The number of hydrogen-bond acceptors (Lipinski definition) is 9. The normalized spacial score (nSPS) is 62.2. The number of ether oxygens (including phenoxy) is 4. The monoisotopic (exact) mass is 620 g/mol. The van der Waals surface area contributed by atoms with Crippen molar-refractivity contribution in [1.29, 1.82) is 0 Å². The van der Waals surface area contributed by atoms with E-state index in [-0.39, 0.29) is 69.7 Å². The maximum absolute atomic E-state index is 12.4. The van der Waals surface area contributed by atoms with Gasteiger partial charge in [-0.15, -0.1) is 0 Å². The van der Waals surface area contributed by atoms with E-state index in [9.17, 15) is 25.5 Å². The van der Waals surface area contributed by atoms with Gasteiger partial charge in [0.15, 0.2) is 12.1 Å². The van der Waals surface area contributed by atoms with Crippen molar-refractivity contribution in [3.63, 3.8) is 0 Å². The minimum atomic E-state index is -1.31. The molecule has 17 atom stereocenters. The van der Waals surface area contributed by atoms with Crippen LogP contribution in [0.25, 0.3) is 0 Å². The highest BCUT2D eigenvalue weighted by molar-refractivity contribution is 5.34. The second-order valence-corrected chi connectivity index (χ2v) is 18.4. The van der Waals surface area contributed by atoms with Gasteiger partial charge in [-0.3, -0.25) is 0 Å². The Hall–Kier alpha value is -0.360. The Kier molecular flexibility index (Phi) is 6.33. The molecule has 3 saturated heterocycles. The molecule has 8 fully saturated rings. The Labute approximate surface area is 262 Å². The fraction of sp³-hybridized carbons (Fsp3) is 1.00. The molecule has 0 aromatic heterocycles. The molecule has 8 aliphatic rings. The standard InChI is InChI=1S/C35H56O9/c1-17-12-20-27(30(4,5)40)44-35(43-20)15-32(7)26-18(36)13-21-29(2,3)22(42-28-24(39)23(38)19(37)14-41-28)8-9-33(21)16-34(26,33)11-10-31(32,6)25(17)35/h17-28,36-40H,8-16H2,1-7H3. The van der Waals surface area contributed by atoms with E-state index in [1.165, 1.54) is 0 Å². The third kappa shape index (κ3) is 3.53. The van der Waals surface area contributed by atoms with Crippen LogP contribution in [0.1, 0.15) is 99.8 Å². The summed E-state index contributed by atoms with van der Waals surface area (Å²) in [4.78, 5) is 0. The molecule has 2 bridgehead atoms. The van der Waals surface area contributed by atoms with Gasteiger partial charge in [0.05, 0.1) is 30.5 Å². The third-order valence-corrected chi connectivity index (χ3v) is 15.7. The molecule has 5 aliphatic carbocycles. The molecular weight excluding hydrogens is 564 g/mol. The van der Waals surface area contributed by atoms with Crippen LogP contribution in [0.5, 0.6) is 0 Å². The van der Waals surface area contributed by atoms with Gasteiger partial charge in [0, 0.05) is 12.3 Å². The van der Waals surface area contributed by atoms with Gasteiger partial charge >= 0.3 is 0 Å². The highest BCUT2D eigenvalue weighted by atomic mass is 16.8. The molecule has 0 aromatic rings. The van der Waals surface area contributed by atoms with Crippen molar-refractivity contribution in [3.05, 3.63) is 0 Å². The second-order valence-electron chi connectivity index (χ2n) is 18.4. The second kappa shape index (κ2) is 9.00. The van der Waals surface area contributed by atoms with Crippen molar-refractivity contribution in [1.82, 2.24) is 0 Å². The van der Waals surface area contributed by atoms with Crippen molar-refractivity contribution in [2.24, 2.45) is 50.7 Å². The first-order valence-corrected chi connectivity index (χ1v) is 17.4. The van der Waals surface area contributed by atoms with Crippen molar-refractivity contribution in [2.45, 2.75) is 160 Å². The summed E-state index contributed by atoms with van der Waals surface area (Å²) in [6.45, 7) is 15.4. The highest BCUT2D eigenvalue weighted by Gasteiger charge is 2.87. The lowest BCUT2D eigenvalue weighted by molar-refractivity contribution is -0.304. The van der Waals surface area contributed by atoms with Gasteiger partial charge in [-0.1, -0.05) is 34.6 Å². The zero-order chi connectivity index (χ0) is 31.6. The molecule has 3 spiro atoms. The molecule has 3 aliphatic heterocycles. The maximum Gasteiger partial charge on any atom is 0.186 e. The van der Waals surface area contributed by atoms with Gasteiger partial charge in [0.25, 0.3) is 0 Å². The summed E-state index contributed by atoms with van der Waals surface area (Å²) in [7, 11) is 0. The van der Waals surface area contributed by atoms with Crippen LogP contribution in [0.4, 0.5) is 0 Å². The number of aliphatic hydroxyl groups is 5. The lowest BCUT2D eigenvalue weighted by Crippen LogP contribution is -2.63. The molecule has 0 aromatic carbocycles. The van der Waals surface area contributed by atoms with Gasteiger partial charge in [-0.05, 0) is 104 Å². The van der Waals surface area contributed by atoms with Crippen molar-refractivity contribution in [2.75, 3.05) is 6.61 Å². The average molecular weight is 621 g/mol. The smallest absolute Gasteiger partial charge is 0.186 e. The average Bonchev–Trinajstić information content (AvgIpc) is 3.38. The molecular formula is C35H56O9. The van der Waals surface area contributed by atoms with Crippen molar-refractivity contribution < 1.29 is 44.5 Å². The Morgan fingerprint density at radius 3 is 2.23 bits per heavy atom. The van der Waals surface area contributed by atoms with Crippen LogP contribution in [0, 0.1) is 50.7 Å². The van der Waals surface area contributed by atoms with Gasteiger partial charge in [0.1, 0.15) is 24.4 Å². The molecule has 250 valence electrons. The zero-order valence-electron chi connectivity index (χ0n) is 27.7.